The van der Waals surface area contributed by atoms with Gasteiger partial charge < -0.3 is 4.57 Å². The second-order valence-corrected chi connectivity index (χ2v) is 4.35. The summed E-state index contributed by atoms with van der Waals surface area (Å²) in [6, 6.07) is 6.36. The molecule has 0 saturated carbocycles. The van der Waals surface area contributed by atoms with Gasteiger partial charge in [-0.2, -0.15) is 0 Å². The lowest BCUT2D eigenvalue weighted by atomic mass is 10.1. The second kappa shape index (κ2) is 5.12. The summed E-state index contributed by atoms with van der Waals surface area (Å²) >= 11 is 0. The Bertz CT molecular complexity index is 575. The van der Waals surface area contributed by atoms with Gasteiger partial charge in [-0.15, -0.1) is 0 Å². The fourth-order valence-electron chi connectivity index (χ4n) is 1.80. The lowest BCUT2D eigenvalue weighted by Crippen LogP contribution is -2.13. The number of carbonyl (C=O) groups is 1. The molecule has 0 unspecified atom stereocenters. The third-order valence-electron chi connectivity index (χ3n) is 3.04. The Balaban J connectivity index is 2.06. The van der Waals surface area contributed by atoms with Crippen molar-refractivity contribution in [2.75, 3.05) is 0 Å². The van der Waals surface area contributed by atoms with E-state index in [1.807, 2.05) is 13.8 Å². The van der Waals surface area contributed by atoms with E-state index < -0.39 is 0 Å². The van der Waals surface area contributed by atoms with Crippen LogP contribution < -0.4 is 0 Å². The summed E-state index contributed by atoms with van der Waals surface area (Å²) in [5.74, 6) is -0.356. The molecule has 1 aromatic heterocycles. The molecule has 2 aromatic rings. The summed E-state index contributed by atoms with van der Waals surface area (Å²) < 4.78 is 15.2. The molecule has 0 fully saturated rings. The molecule has 0 amide bonds. The fraction of sp³-hybridized carbons (Fsp3) is 0.286. The van der Waals surface area contributed by atoms with Gasteiger partial charge in [-0.1, -0.05) is 18.2 Å². The van der Waals surface area contributed by atoms with Crippen LogP contribution in [0.3, 0.4) is 0 Å². The van der Waals surface area contributed by atoms with E-state index in [9.17, 15) is 9.18 Å². The van der Waals surface area contributed by atoms with Crippen molar-refractivity contribution in [2.45, 2.75) is 26.8 Å². The summed E-state index contributed by atoms with van der Waals surface area (Å²) in [7, 11) is 0. The number of imidazole rings is 1. The normalized spacial score (nSPS) is 10.6. The molecule has 94 valence electrons. The van der Waals surface area contributed by atoms with Crippen molar-refractivity contribution in [3.05, 3.63) is 53.4 Å². The van der Waals surface area contributed by atoms with Crippen molar-refractivity contribution in [3.63, 3.8) is 0 Å². The average molecular weight is 246 g/mol. The molecule has 0 bridgehead atoms. The van der Waals surface area contributed by atoms with Gasteiger partial charge in [0.2, 0.25) is 0 Å². The van der Waals surface area contributed by atoms with Crippen LogP contribution in [-0.2, 0) is 17.8 Å². The van der Waals surface area contributed by atoms with Gasteiger partial charge >= 0.3 is 0 Å². The molecule has 0 aliphatic heterocycles. The van der Waals surface area contributed by atoms with E-state index in [-0.39, 0.29) is 24.6 Å². The van der Waals surface area contributed by atoms with Gasteiger partial charge in [0.1, 0.15) is 5.82 Å². The maximum Gasteiger partial charge on any atom is 0.157 e. The van der Waals surface area contributed by atoms with E-state index in [0.29, 0.717) is 5.56 Å². The summed E-state index contributed by atoms with van der Waals surface area (Å²) in [5.41, 5.74) is 2.32. The number of nitrogens with zero attached hydrogens (tertiary/aromatic N) is 2. The molecule has 0 atom stereocenters. The highest BCUT2D eigenvalue weighted by atomic mass is 19.1. The highest BCUT2D eigenvalue weighted by molar-refractivity contribution is 5.80. The Morgan fingerprint density at radius 2 is 2.06 bits per heavy atom. The van der Waals surface area contributed by atoms with Crippen LogP contribution in [0.4, 0.5) is 4.39 Å². The van der Waals surface area contributed by atoms with Crippen molar-refractivity contribution < 1.29 is 9.18 Å². The molecule has 2 rings (SSSR count). The van der Waals surface area contributed by atoms with Crippen molar-refractivity contribution >= 4 is 5.78 Å². The number of rotatable bonds is 4. The Morgan fingerprint density at radius 3 is 2.67 bits per heavy atom. The van der Waals surface area contributed by atoms with Gasteiger partial charge in [-0.3, -0.25) is 4.79 Å². The second-order valence-electron chi connectivity index (χ2n) is 4.35. The van der Waals surface area contributed by atoms with E-state index in [4.69, 9.17) is 0 Å². The first kappa shape index (κ1) is 12.5. The van der Waals surface area contributed by atoms with Crippen LogP contribution in [-0.4, -0.2) is 15.3 Å². The molecule has 1 heterocycles. The summed E-state index contributed by atoms with van der Waals surface area (Å²) in [5, 5.41) is 0. The number of halogens is 1. The third-order valence-corrected chi connectivity index (χ3v) is 3.04. The Kier molecular flexibility index (Phi) is 3.55. The average Bonchev–Trinajstić information content (AvgIpc) is 2.64. The number of aryl methyl sites for hydroxylation is 1. The zero-order valence-electron chi connectivity index (χ0n) is 10.5. The van der Waals surface area contributed by atoms with Gasteiger partial charge in [0.05, 0.1) is 18.6 Å². The molecule has 0 saturated heterocycles. The minimum Gasteiger partial charge on any atom is -0.327 e. The van der Waals surface area contributed by atoms with Crippen LogP contribution in [0, 0.1) is 19.7 Å². The summed E-state index contributed by atoms with van der Waals surface area (Å²) in [6.45, 7) is 4.05. The molecule has 0 radical (unpaired) electrons. The fourth-order valence-corrected chi connectivity index (χ4v) is 1.80. The number of aromatic nitrogens is 2. The van der Waals surface area contributed by atoms with Crippen LogP contribution in [0.5, 0.6) is 0 Å². The molecule has 0 N–H and O–H groups in total. The first-order chi connectivity index (χ1) is 8.58. The molecule has 1 aromatic carbocycles. The van der Waals surface area contributed by atoms with E-state index in [2.05, 4.69) is 4.98 Å². The van der Waals surface area contributed by atoms with Gasteiger partial charge in [0, 0.05) is 12.1 Å². The topological polar surface area (TPSA) is 34.9 Å². The molecular formula is C14H15FN2O. The van der Waals surface area contributed by atoms with E-state index in [1.54, 1.807) is 29.1 Å². The van der Waals surface area contributed by atoms with Crippen LogP contribution in [0.25, 0.3) is 0 Å². The smallest absolute Gasteiger partial charge is 0.157 e. The summed E-state index contributed by atoms with van der Waals surface area (Å²) in [6.07, 6.45) is 1.76. The standard InChI is InChI=1S/C14H15FN2O/c1-10-11(2)17(9-16-10)8-13(18)7-12-5-3-4-6-14(12)15/h3-6,9H,7-8H2,1-2H3. The third kappa shape index (κ3) is 2.64. The zero-order valence-corrected chi connectivity index (χ0v) is 10.5. The van der Waals surface area contributed by atoms with E-state index in [1.165, 1.54) is 6.07 Å². The SMILES string of the molecule is Cc1ncn(CC(=O)Cc2ccccc2F)c1C. The zero-order chi connectivity index (χ0) is 13.1. The minimum atomic E-state index is -0.329. The molecule has 4 heteroatoms. The number of Topliss-reactive ketones (excluding diaryl/α,β-unsaturated/α-hetero) is 1. The first-order valence-corrected chi connectivity index (χ1v) is 5.81. The van der Waals surface area contributed by atoms with Crippen molar-refractivity contribution in [3.8, 4) is 0 Å². The van der Waals surface area contributed by atoms with E-state index in [0.717, 1.165) is 11.4 Å². The molecule has 0 spiro atoms. The highest BCUT2D eigenvalue weighted by Crippen LogP contribution is 2.09. The van der Waals surface area contributed by atoms with Crippen LogP contribution >= 0.6 is 0 Å². The maximum absolute atomic E-state index is 13.4. The Morgan fingerprint density at radius 1 is 1.33 bits per heavy atom. The predicted octanol–water partition coefficient (Wildman–Crippen LogP) is 2.45. The van der Waals surface area contributed by atoms with Crippen molar-refractivity contribution in [1.82, 2.24) is 9.55 Å². The first-order valence-electron chi connectivity index (χ1n) is 5.81. The molecular weight excluding hydrogens is 231 g/mol. The van der Waals surface area contributed by atoms with Gasteiger partial charge in [-0.05, 0) is 25.5 Å². The lowest BCUT2D eigenvalue weighted by molar-refractivity contribution is -0.119. The largest absolute Gasteiger partial charge is 0.327 e. The van der Waals surface area contributed by atoms with Gasteiger partial charge in [0.15, 0.2) is 5.78 Å². The lowest BCUT2D eigenvalue weighted by Gasteiger charge is -2.05. The number of benzene rings is 1. The van der Waals surface area contributed by atoms with Crippen LogP contribution in [0.2, 0.25) is 0 Å². The molecule has 18 heavy (non-hydrogen) atoms. The monoisotopic (exact) mass is 246 g/mol. The molecule has 0 aliphatic rings. The van der Waals surface area contributed by atoms with Gasteiger partial charge in [-0.25, -0.2) is 9.37 Å². The van der Waals surface area contributed by atoms with Crippen LogP contribution in [0.1, 0.15) is 17.0 Å². The Hall–Kier alpha value is -1.97. The van der Waals surface area contributed by atoms with Crippen molar-refractivity contribution in [1.29, 1.82) is 0 Å². The number of carbonyl (C=O) groups excluding carboxylic acids is 1. The van der Waals surface area contributed by atoms with Gasteiger partial charge in [0.25, 0.3) is 0 Å². The predicted molar refractivity (Wildman–Crippen MR) is 66.8 cm³/mol. The number of ketones is 1. The van der Waals surface area contributed by atoms with E-state index >= 15 is 0 Å². The highest BCUT2D eigenvalue weighted by Gasteiger charge is 2.10. The maximum atomic E-state index is 13.4. The molecule has 0 aliphatic carbocycles. The number of hydrogen-bond donors (Lipinski definition) is 0. The molecule has 3 nitrogen and oxygen atoms in total. The Labute approximate surface area is 105 Å². The van der Waals surface area contributed by atoms with Crippen molar-refractivity contribution in [2.24, 2.45) is 0 Å². The minimum absolute atomic E-state index is 0.0272. The summed E-state index contributed by atoms with van der Waals surface area (Å²) in [4.78, 5) is 16.0. The van der Waals surface area contributed by atoms with Crippen LogP contribution in [0.15, 0.2) is 30.6 Å². The number of hydrogen-bond acceptors (Lipinski definition) is 2. The quantitative estimate of drug-likeness (QED) is 0.830.